The molecule has 0 amide bonds. The summed E-state index contributed by atoms with van der Waals surface area (Å²) in [6, 6.07) is 2.28. The number of nitrogens with zero attached hydrogens (tertiary/aromatic N) is 1. The molecule has 0 unspecified atom stereocenters. The van der Waals surface area contributed by atoms with Gasteiger partial charge in [0.05, 0.1) is 0 Å². The fourth-order valence-electron chi connectivity index (χ4n) is 1.13. The Kier molecular flexibility index (Phi) is 2.00. The maximum Gasteiger partial charge on any atom is 0.159 e. The largest absolute Gasteiger partial charge is 0.263 e. The summed E-state index contributed by atoms with van der Waals surface area (Å²) in [5.41, 5.74) is 0. The zero-order chi connectivity index (χ0) is 9.42. The van der Waals surface area contributed by atoms with Gasteiger partial charge in [0.2, 0.25) is 0 Å². The van der Waals surface area contributed by atoms with Crippen LogP contribution >= 0.6 is 15.9 Å². The first kappa shape index (κ1) is 8.56. The second kappa shape index (κ2) is 3.03. The van der Waals surface area contributed by atoms with Gasteiger partial charge in [0.15, 0.2) is 11.6 Å². The summed E-state index contributed by atoms with van der Waals surface area (Å²) in [4.78, 5) is 3.85. The minimum atomic E-state index is -0.854. The summed E-state index contributed by atoms with van der Waals surface area (Å²) in [5, 5.41) is 1.20. The van der Waals surface area contributed by atoms with Crippen LogP contribution in [-0.2, 0) is 0 Å². The number of hydrogen-bond donors (Lipinski definition) is 0. The maximum atomic E-state index is 12.8. The molecular formula is C9H4BrF2N. The van der Waals surface area contributed by atoms with E-state index in [2.05, 4.69) is 20.9 Å². The molecule has 2 rings (SSSR count). The summed E-state index contributed by atoms with van der Waals surface area (Å²) in [6.07, 6.45) is 3.03. The van der Waals surface area contributed by atoms with Crippen molar-refractivity contribution in [3.8, 4) is 0 Å². The number of benzene rings is 1. The van der Waals surface area contributed by atoms with Crippen LogP contribution in [-0.4, -0.2) is 4.98 Å². The van der Waals surface area contributed by atoms with E-state index in [9.17, 15) is 8.78 Å². The van der Waals surface area contributed by atoms with Crippen LogP contribution in [0, 0.1) is 11.6 Å². The molecular weight excluding hydrogens is 240 g/mol. The van der Waals surface area contributed by atoms with Crippen molar-refractivity contribution in [2.45, 2.75) is 0 Å². The van der Waals surface area contributed by atoms with Crippen LogP contribution in [0.2, 0.25) is 0 Å². The van der Waals surface area contributed by atoms with Crippen LogP contribution < -0.4 is 0 Å². The Hall–Kier alpha value is -1.03. The van der Waals surface area contributed by atoms with Gasteiger partial charge in [-0.1, -0.05) is 0 Å². The molecule has 0 aliphatic heterocycles. The molecule has 1 aromatic heterocycles. The van der Waals surface area contributed by atoms with Crippen molar-refractivity contribution in [2.75, 3.05) is 0 Å². The monoisotopic (exact) mass is 243 g/mol. The lowest BCUT2D eigenvalue weighted by molar-refractivity contribution is 0.511. The van der Waals surface area contributed by atoms with Gasteiger partial charge < -0.3 is 0 Å². The Morgan fingerprint density at radius 3 is 2.54 bits per heavy atom. The van der Waals surface area contributed by atoms with Crippen LogP contribution in [0.1, 0.15) is 0 Å². The van der Waals surface area contributed by atoms with Gasteiger partial charge in [0.1, 0.15) is 0 Å². The van der Waals surface area contributed by atoms with Gasteiger partial charge in [-0.25, -0.2) is 8.78 Å². The highest BCUT2D eigenvalue weighted by Crippen LogP contribution is 2.24. The molecule has 1 nitrogen and oxygen atoms in total. The quantitative estimate of drug-likeness (QED) is 0.692. The van der Waals surface area contributed by atoms with Gasteiger partial charge in [0, 0.05) is 27.6 Å². The molecule has 1 aromatic carbocycles. The molecule has 0 aliphatic rings. The lowest BCUT2D eigenvalue weighted by Gasteiger charge is -2.00. The molecule has 13 heavy (non-hydrogen) atoms. The number of hydrogen-bond acceptors (Lipinski definition) is 1. The van der Waals surface area contributed by atoms with E-state index in [0.29, 0.717) is 15.2 Å². The van der Waals surface area contributed by atoms with Crippen LogP contribution in [0.4, 0.5) is 8.78 Å². The number of pyridine rings is 1. The second-order valence-electron chi connectivity index (χ2n) is 2.61. The molecule has 0 radical (unpaired) electrons. The fourth-order valence-corrected chi connectivity index (χ4v) is 1.59. The lowest BCUT2D eigenvalue weighted by Crippen LogP contribution is -1.85. The molecule has 4 heteroatoms. The van der Waals surface area contributed by atoms with Gasteiger partial charge >= 0.3 is 0 Å². The Morgan fingerprint density at radius 1 is 1.08 bits per heavy atom. The second-order valence-corrected chi connectivity index (χ2v) is 3.46. The van der Waals surface area contributed by atoms with E-state index in [0.717, 1.165) is 12.1 Å². The average molecular weight is 244 g/mol. The Balaban J connectivity index is 2.89. The average Bonchev–Trinajstić information content (AvgIpc) is 2.09. The Morgan fingerprint density at radius 2 is 1.77 bits per heavy atom. The lowest BCUT2D eigenvalue weighted by atomic mass is 10.2. The fraction of sp³-hybridized carbons (Fsp3) is 0. The van der Waals surface area contributed by atoms with Crippen LogP contribution in [0.3, 0.4) is 0 Å². The van der Waals surface area contributed by atoms with Gasteiger partial charge in [-0.2, -0.15) is 0 Å². The molecule has 2 aromatic rings. The van der Waals surface area contributed by atoms with Crippen LogP contribution in [0.25, 0.3) is 10.8 Å². The maximum absolute atomic E-state index is 12.8. The van der Waals surface area contributed by atoms with Gasteiger partial charge in [-0.15, -0.1) is 0 Å². The van der Waals surface area contributed by atoms with E-state index in [1.807, 2.05) is 0 Å². The molecule has 0 spiro atoms. The molecule has 0 bridgehead atoms. The van der Waals surface area contributed by atoms with Crippen molar-refractivity contribution >= 4 is 26.7 Å². The first-order valence-corrected chi connectivity index (χ1v) is 4.36. The van der Waals surface area contributed by atoms with Crippen LogP contribution in [0.15, 0.2) is 29.0 Å². The summed E-state index contributed by atoms with van der Waals surface area (Å²) in [6.45, 7) is 0. The molecule has 0 N–H and O–H groups in total. The van der Waals surface area contributed by atoms with E-state index in [-0.39, 0.29) is 0 Å². The summed E-state index contributed by atoms with van der Waals surface area (Å²) >= 11 is 3.20. The minimum Gasteiger partial charge on any atom is -0.263 e. The number of halogens is 3. The van der Waals surface area contributed by atoms with Crippen molar-refractivity contribution in [3.05, 3.63) is 40.6 Å². The Labute approximate surface area is 81.5 Å². The zero-order valence-electron chi connectivity index (χ0n) is 6.39. The molecule has 0 aliphatic carbocycles. The smallest absolute Gasteiger partial charge is 0.159 e. The third kappa shape index (κ3) is 1.42. The normalized spacial score (nSPS) is 10.7. The van der Waals surface area contributed by atoms with Crippen molar-refractivity contribution in [1.29, 1.82) is 0 Å². The summed E-state index contributed by atoms with van der Waals surface area (Å²) in [5.74, 6) is -1.70. The van der Waals surface area contributed by atoms with Crippen molar-refractivity contribution in [1.82, 2.24) is 4.98 Å². The molecule has 0 saturated heterocycles. The number of aromatic nitrogens is 1. The molecule has 0 fully saturated rings. The topological polar surface area (TPSA) is 12.9 Å². The van der Waals surface area contributed by atoms with E-state index in [1.54, 1.807) is 6.20 Å². The first-order valence-electron chi connectivity index (χ1n) is 3.57. The van der Waals surface area contributed by atoms with Crippen LogP contribution in [0.5, 0.6) is 0 Å². The van der Waals surface area contributed by atoms with Crippen molar-refractivity contribution in [3.63, 3.8) is 0 Å². The summed E-state index contributed by atoms with van der Waals surface area (Å²) < 4.78 is 26.2. The molecule has 0 saturated carbocycles. The number of fused-ring (bicyclic) bond motifs is 1. The van der Waals surface area contributed by atoms with Gasteiger partial charge in [0.25, 0.3) is 0 Å². The molecule has 66 valence electrons. The van der Waals surface area contributed by atoms with Crippen molar-refractivity contribution < 1.29 is 8.78 Å². The van der Waals surface area contributed by atoms with E-state index in [1.165, 1.54) is 6.20 Å². The zero-order valence-corrected chi connectivity index (χ0v) is 7.98. The highest BCUT2D eigenvalue weighted by atomic mass is 79.9. The van der Waals surface area contributed by atoms with Crippen molar-refractivity contribution in [2.24, 2.45) is 0 Å². The van der Waals surface area contributed by atoms with E-state index in [4.69, 9.17) is 0 Å². The standard InChI is InChI=1S/C9H4BrF2N/c10-7-4-13-3-5-1-8(11)9(12)2-6(5)7/h1-4H. The van der Waals surface area contributed by atoms with Gasteiger partial charge in [-0.05, 0) is 28.1 Å². The molecule has 0 atom stereocenters. The number of rotatable bonds is 0. The molecule has 1 heterocycles. The Bertz CT molecular complexity index is 470. The van der Waals surface area contributed by atoms with Gasteiger partial charge in [-0.3, -0.25) is 4.98 Å². The third-order valence-corrected chi connectivity index (χ3v) is 2.38. The predicted molar refractivity (Wildman–Crippen MR) is 49.4 cm³/mol. The minimum absolute atomic E-state index is 0.577. The first-order chi connectivity index (χ1) is 6.18. The predicted octanol–water partition coefficient (Wildman–Crippen LogP) is 3.28. The third-order valence-electron chi connectivity index (χ3n) is 1.75. The highest BCUT2D eigenvalue weighted by Gasteiger charge is 2.05. The van der Waals surface area contributed by atoms with E-state index >= 15 is 0 Å². The summed E-state index contributed by atoms with van der Waals surface area (Å²) in [7, 11) is 0. The van der Waals surface area contributed by atoms with E-state index < -0.39 is 11.6 Å². The highest BCUT2D eigenvalue weighted by molar-refractivity contribution is 9.10. The SMILES string of the molecule is Fc1cc2cncc(Br)c2cc1F.